The highest BCUT2D eigenvalue weighted by Gasteiger charge is 1.97. The number of rotatable bonds is 4. The number of para-hydroxylation sites is 1. The van der Waals surface area contributed by atoms with E-state index in [1.807, 2.05) is 24.3 Å². The Labute approximate surface area is 90.9 Å². The smallest absolute Gasteiger partial charge is 0.140 e. The summed E-state index contributed by atoms with van der Waals surface area (Å²) >= 11 is 3.41. The van der Waals surface area contributed by atoms with Crippen molar-refractivity contribution in [3.63, 3.8) is 0 Å². The van der Waals surface area contributed by atoms with Gasteiger partial charge in [-0.2, -0.15) is 0 Å². The first-order valence-corrected chi connectivity index (χ1v) is 4.98. The number of hydrogen-bond acceptors (Lipinski definition) is 3. The number of halogens is 1. The molecule has 0 amide bonds. The Bertz CT molecular complexity index is 328. The lowest BCUT2D eigenvalue weighted by molar-refractivity contribution is 0.317. The molecule has 0 atom stereocenters. The number of nitrogens with one attached hydrogen (secondary N) is 1. The molecule has 0 aliphatic carbocycles. The maximum Gasteiger partial charge on any atom is 0.140 e. The lowest BCUT2D eigenvalue weighted by Gasteiger charge is -2.06. The number of hydrogen-bond donors (Lipinski definition) is 3. The number of anilines is 1. The largest absolute Gasteiger partial charge is 0.409 e. The Morgan fingerprint density at radius 2 is 2.21 bits per heavy atom. The molecule has 4 nitrogen and oxygen atoms in total. The molecule has 0 bridgehead atoms. The molecule has 1 rings (SSSR count). The van der Waals surface area contributed by atoms with Crippen LogP contribution >= 0.6 is 15.9 Å². The minimum Gasteiger partial charge on any atom is -0.409 e. The summed E-state index contributed by atoms with van der Waals surface area (Å²) in [5, 5.41) is 14.4. The summed E-state index contributed by atoms with van der Waals surface area (Å²) in [5.74, 6) is 0.226. The maximum atomic E-state index is 8.31. The van der Waals surface area contributed by atoms with Gasteiger partial charge in [0, 0.05) is 23.1 Å². The van der Waals surface area contributed by atoms with E-state index in [1.165, 1.54) is 0 Å². The minimum absolute atomic E-state index is 0.226. The van der Waals surface area contributed by atoms with Gasteiger partial charge in [0.25, 0.3) is 0 Å². The predicted molar refractivity (Wildman–Crippen MR) is 60.7 cm³/mol. The molecule has 1 aromatic carbocycles. The summed E-state index contributed by atoms with van der Waals surface area (Å²) in [5.41, 5.74) is 6.32. The average Bonchev–Trinajstić information content (AvgIpc) is 2.20. The van der Waals surface area contributed by atoms with Gasteiger partial charge in [-0.05, 0) is 28.1 Å². The quantitative estimate of drug-likeness (QED) is 0.335. The summed E-state index contributed by atoms with van der Waals surface area (Å²) in [6, 6.07) is 7.79. The van der Waals surface area contributed by atoms with Gasteiger partial charge < -0.3 is 16.3 Å². The topological polar surface area (TPSA) is 70.6 Å². The predicted octanol–water partition coefficient (Wildman–Crippen LogP) is 2.00. The SMILES string of the molecule is NC(CCNc1ccccc1Br)=NO. The van der Waals surface area contributed by atoms with E-state index >= 15 is 0 Å². The Hall–Kier alpha value is -1.23. The zero-order valence-electron chi connectivity index (χ0n) is 7.57. The summed E-state index contributed by atoms with van der Waals surface area (Å²) in [4.78, 5) is 0. The molecule has 0 heterocycles. The molecule has 4 N–H and O–H groups in total. The Kier molecular flexibility index (Phi) is 4.25. The second kappa shape index (κ2) is 5.49. The fourth-order valence-corrected chi connectivity index (χ4v) is 1.40. The van der Waals surface area contributed by atoms with Crippen LogP contribution in [0.1, 0.15) is 6.42 Å². The fourth-order valence-electron chi connectivity index (χ4n) is 0.980. The standard InChI is InChI=1S/C9H12BrN3O/c10-7-3-1-2-4-8(7)12-6-5-9(11)13-14/h1-4,12,14H,5-6H2,(H2,11,13). The zero-order chi connectivity index (χ0) is 10.4. The van der Waals surface area contributed by atoms with Crippen molar-refractivity contribution in [3.05, 3.63) is 28.7 Å². The van der Waals surface area contributed by atoms with E-state index in [4.69, 9.17) is 10.9 Å². The summed E-state index contributed by atoms with van der Waals surface area (Å²) in [6.45, 7) is 0.637. The van der Waals surface area contributed by atoms with Crippen molar-refractivity contribution in [1.82, 2.24) is 0 Å². The van der Waals surface area contributed by atoms with Crippen LogP contribution in [0.3, 0.4) is 0 Å². The van der Waals surface area contributed by atoms with Gasteiger partial charge in [-0.25, -0.2) is 0 Å². The van der Waals surface area contributed by atoms with Crippen LogP contribution in [0.4, 0.5) is 5.69 Å². The molecule has 0 fully saturated rings. The average molecular weight is 258 g/mol. The lowest BCUT2D eigenvalue weighted by atomic mass is 10.3. The van der Waals surface area contributed by atoms with Crippen LogP contribution in [0.25, 0.3) is 0 Å². The molecule has 0 aromatic heterocycles. The molecule has 1 aromatic rings. The molecule has 0 unspecified atom stereocenters. The lowest BCUT2D eigenvalue weighted by Crippen LogP contribution is -2.16. The van der Waals surface area contributed by atoms with Crippen molar-refractivity contribution in [2.45, 2.75) is 6.42 Å². The third-order valence-corrected chi connectivity index (χ3v) is 2.39. The number of nitrogens with zero attached hydrogens (tertiary/aromatic N) is 1. The second-order valence-electron chi connectivity index (χ2n) is 2.75. The molecule has 0 spiro atoms. The van der Waals surface area contributed by atoms with Crippen molar-refractivity contribution in [1.29, 1.82) is 0 Å². The van der Waals surface area contributed by atoms with Crippen LogP contribution in [-0.2, 0) is 0 Å². The highest BCUT2D eigenvalue weighted by Crippen LogP contribution is 2.20. The van der Waals surface area contributed by atoms with E-state index in [9.17, 15) is 0 Å². The molecule has 0 aliphatic heterocycles. The molecule has 0 saturated carbocycles. The molecule has 0 radical (unpaired) electrons. The Morgan fingerprint density at radius 3 is 2.86 bits per heavy atom. The zero-order valence-corrected chi connectivity index (χ0v) is 9.16. The van der Waals surface area contributed by atoms with Crippen molar-refractivity contribution in [2.75, 3.05) is 11.9 Å². The Balaban J connectivity index is 2.43. The molecule has 0 aliphatic rings. The molecular weight excluding hydrogens is 246 g/mol. The van der Waals surface area contributed by atoms with Gasteiger partial charge in [0.2, 0.25) is 0 Å². The van der Waals surface area contributed by atoms with Gasteiger partial charge in [0.1, 0.15) is 5.84 Å². The van der Waals surface area contributed by atoms with Gasteiger partial charge in [-0.3, -0.25) is 0 Å². The summed E-state index contributed by atoms with van der Waals surface area (Å²) < 4.78 is 1.000. The highest BCUT2D eigenvalue weighted by molar-refractivity contribution is 9.10. The molecular formula is C9H12BrN3O. The van der Waals surface area contributed by atoms with Gasteiger partial charge in [-0.1, -0.05) is 17.3 Å². The van der Waals surface area contributed by atoms with E-state index in [0.29, 0.717) is 13.0 Å². The van der Waals surface area contributed by atoms with Crippen molar-refractivity contribution in [3.8, 4) is 0 Å². The highest BCUT2D eigenvalue weighted by atomic mass is 79.9. The van der Waals surface area contributed by atoms with Crippen molar-refractivity contribution in [2.24, 2.45) is 10.9 Å². The van der Waals surface area contributed by atoms with Gasteiger partial charge >= 0.3 is 0 Å². The van der Waals surface area contributed by atoms with Crippen LogP contribution in [0.15, 0.2) is 33.9 Å². The molecule has 0 saturated heterocycles. The van der Waals surface area contributed by atoms with E-state index in [0.717, 1.165) is 10.2 Å². The van der Waals surface area contributed by atoms with Gasteiger partial charge in [0.15, 0.2) is 0 Å². The molecule has 76 valence electrons. The molecule has 14 heavy (non-hydrogen) atoms. The summed E-state index contributed by atoms with van der Waals surface area (Å²) in [7, 11) is 0. The first kappa shape index (κ1) is 10.8. The second-order valence-corrected chi connectivity index (χ2v) is 3.60. The first-order valence-electron chi connectivity index (χ1n) is 4.19. The third-order valence-electron chi connectivity index (χ3n) is 1.70. The third kappa shape index (κ3) is 3.26. The first-order chi connectivity index (χ1) is 6.74. The van der Waals surface area contributed by atoms with E-state index in [2.05, 4.69) is 26.4 Å². The van der Waals surface area contributed by atoms with E-state index in [-0.39, 0.29) is 5.84 Å². The van der Waals surface area contributed by atoms with Crippen LogP contribution < -0.4 is 11.1 Å². The van der Waals surface area contributed by atoms with Crippen LogP contribution in [0, 0.1) is 0 Å². The van der Waals surface area contributed by atoms with E-state index < -0.39 is 0 Å². The fraction of sp³-hybridized carbons (Fsp3) is 0.222. The minimum atomic E-state index is 0.226. The number of oxime groups is 1. The van der Waals surface area contributed by atoms with Crippen LogP contribution in [0.2, 0.25) is 0 Å². The number of nitrogens with two attached hydrogens (primary N) is 1. The van der Waals surface area contributed by atoms with Crippen LogP contribution in [0.5, 0.6) is 0 Å². The van der Waals surface area contributed by atoms with E-state index in [1.54, 1.807) is 0 Å². The van der Waals surface area contributed by atoms with Crippen molar-refractivity contribution < 1.29 is 5.21 Å². The summed E-state index contributed by atoms with van der Waals surface area (Å²) in [6.07, 6.45) is 0.512. The molecule has 5 heteroatoms. The normalized spacial score (nSPS) is 11.4. The maximum absolute atomic E-state index is 8.31. The number of benzene rings is 1. The monoisotopic (exact) mass is 257 g/mol. The number of amidine groups is 1. The van der Waals surface area contributed by atoms with Gasteiger partial charge in [-0.15, -0.1) is 0 Å². The van der Waals surface area contributed by atoms with Crippen LogP contribution in [-0.4, -0.2) is 17.6 Å². The Morgan fingerprint density at radius 1 is 1.50 bits per heavy atom. The van der Waals surface area contributed by atoms with Crippen molar-refractivity contribution >= 4 is 27.5 Å². The van der Waals surface area contributed by atoms with Gasteiger partial charge in [0.05, 0.1) is 0 Å².